The Morgan fingerprint density at radius 1 is 0.400 bits per heavy atom. The maximum Gasteiger partial charge on any atom is 0.460 e. The van der Waals surface area contributed by atoms with Gasteiger partial charge < -0.3 is 10.2 Å². The first-order chi connectivity index (χ1) is 14.7. The van der Waals surface area contributed by atoms with Gasteiger partial charge in [-0.1, -0.05) is 0 Å². The number of halogens is 20. The van der Waals surface area contributed by atoms with Gasteiger partial charge in [0.15, 0.2) is 0 Å². The Kier molecular flexibility index (Phi) is 8.18. The Bertz CT molecular complexity index is 749. The van der Waals surface area contributed by atoms with Crippen molar-refractivity contribution in [2.45, 2.75) is 72.3 Å². The monoisotopic (exact) mass is 576 g/mol. The Hall–Kier alpha value is -1.48. The predicted octanol–water partition coefficient (Wildman–Crippen LogP) is 6.06. The van der Waals surface area contributed by atoms with Crippen molar-refractivity contribution in [3.8, 4) is 0 Å². The van der Waals surface area contributed by atoms with Crippen molar-refractivity contribution >= 4 is 0 Å². The largest absolute Gasteiger partial charge is 0.460 e. The molecule has 0 aromatic carbocycles. The Morgan fingerprint density at radius 3 is 0.943 bits per heavy atom. The summed E-state index contributed by atoms with van der Waals surface area (Å²) in [5.74, 6) is -59.1. The second kappa shape index (κ2) is 8.54. The summed E-state index contributed by atoms with van der Waals surface area (Å²) in [6, 6.07) is 0. The van der Waals surface area contributed by atoms with Crippen LogP contribution in [-0.2, 0) is 0 Å². The molecule has 0 rings (SSSR count). The molecule has 0 saturated heterocycles. The van der Waals surface area contributed by atoms with Gasteiger partial charge in [0.25, 0.3) is 0 Å². The fourth-order valence-electron chi connectivity index (χ4n) is 2.27. The molecule has 0 aromatic rings. The van der Waals surface area contributed by atoms with E-state index in [-0.39, 0.29) is 0 Å². The van der Waals surface area contributed by atoms with Crippen molar-refractivity contribution in [3.63, 3.8) is 0 Å². The van der Waals surface area contributed by atoms with Crippen LogP contribution < -0.4 is 0 Å². The lowest BCUT2D eigenvalue weighted by molar-refractivity contribution is -0.462. The van der Waals surface area contributed by atoms with Gasteiger partial charge in [-0.25, -0.2) is 0 Å². The van der Waals surface area contributed by atoms with Crippen LogP contribution in [0.1, 0.15) is 12.8 Å². The fourth-order valence-corrected chi connectivity index (χ4v) is 2.27. The maximum absolute atomic E-state index is 13.6. The molecule has 0 aliphatic carbocycles. The summed E-state index contributed by atoms with van der Waals surface area (Å²) in [5, 5.41) is 17.6. The molecule has 22 heteroatoms. The van der Waals surface area contributed by atoms with E-state index in [1.807, 2.05) is 0 Å². The van der Waals surface area contributed by atoms with Crippen LogP contribution in [0.2, 0.25) is 0 Å². The lowest BCUT2D eigenvalue weighted by atomic mass is 9.84. The summed E-state index contributed by atoms with van der Waals surface area (Å²) in [7, 11) is 0. The van der Waals surface area contributed by atoms with Crippen LogP contribution in [0.15, 0.2) is 0 Å². The molecule has 0 amide bonds. The van der Waals surface area contributed by atoms with Crippen LogP contribution in [-0.4, -0.2) is 76.2 Å². The van der Waals surface area contributed by atoms with E-state index in [0.717, 1.165) is 0 Å². The molecule has 0 aliphatic rings. The van der Waals surface area contributed by atoms with Crippen molar-refractivity contribution in [1.29, 1.82) is 0 Å². The van der Waals surface area contributed by atoms with Crippen molar-refractivity contribution in [1.82, 2.24) is 0 Å². The Morgan fingerprint density at radius 2 is 0.686 bits per heavy atom. The first-order valence-electron chi connectivity index (χ1n) is 7.84. The van der Waals surface area contributed by atoms with Gasteiger partial charge in [0.05, 0.1) is 13.0 Å². The predicted molar refractivity (Wildman–Crippen MR) is 68.0 cm³/mol. The number of rotatable bonds is 10. The van der Waals surface area contributed by atoms with E-state index in [4.69, 9.17) is 10.2 Å². The molecular formula is C13H8F20O2. The Balaban J connectivity index is 6.74. The van der Waals surface area contributed by atoms with E-state index in [9.17, 15) is 87.8 Å². The quantitative estimate of drug-likeness (QED) is 0.311. The number of alkyl halides is 20. The van der Waals surface area contributed by atoms with E-state index in [0.29, 0.717) is 0 Å². The second-order valence-electron chi connectivity index (χ2n) is 7.00. The summed E-state index contributed by atoms with van der Waals surface area (Å²) in [6.45, 7) is -2.66. The minimum atomic E-state index is -8.90. The third-order valence-corrected chi connectivity index (χ3v) is 4.16. The molecule has 0 saturated carbocycles. The summed E-state index contributed by atoms with van der Waals surface area (Å²) >= 11 is 0. The Labute approximate surface area is 178 Å². The molecule has 0 bridgehead atoms. The molecule has 0 spiro atoms. The zero-order valence-corrected chi connectivity index (χ0v) is 15.6. The van der Waals surface area contributed by atoms with Crippen LogP contribution in [0.3, 0.4) is 0 Å². The van der Waals surface area contributed by atoms with Crippen LogP contribution in [0.4, 0.5) is 87.8 Å². The number of hydrogen-bond donors (Lipinski definition) is 2. The highest BCUT2D eigenvalue weighted by Gasteiger charge is 2.95. The van der Waals surface area contributed by atoms with Gasteiger partial charge in [-0.05, 0) is 0 Å². The molecule has 212 valence electrons. The summed E-state index contributed by atoms with van der Waals surface area (Å²) in [6.07, 6.45) is -20.8. The molecule has 1 unspecified atom stereocenters. The summed E-state index contributed by atoms with van der Waals surface area (Å²) < 4.78 is 259. The van der Waals surface area contributed by atoms with Crippen molar-refractivity contribution in [2.75, 3.05) is 6.61 Å². The van der Waals surface area contributed by atoms with Crippen LogP contribution >= 0.6 is 0 Å². The molecule has 1 atom stereocenters. The first kappa shape index (κ1) is 33.5. The molecule has 0 fully saturated rings. The second-order valence-corrected chi connectivity index (χ2v) is 7.00. The zero-order chi connectivity index (χ0) is 29.1. The highest BCUT2D eigenvalue weighted by atomic mass is 19.4. The summed E-state index contributed by atoms with van der Waals surface area (Å²) in [4.78, 5) is 0. The number of aliphatic hydroxyl groups excluding tert-OH is 1. The zero-order valence-electron chi connectivity index (χ0n) is 15.6. The van der Waals surface area contributed by atoms with Gasteiger partial charge >= 0.3 is 53.8 Å². The molecule has 0 heterocycles. The van der Waals surface area contributed by atoms with Crippen LogP contribution in [0, 0.1) is 0 Å². The minimum absolute atomic E-state index is 2.66. The summed E-state index contributed by atoms with van der Waals surface area (Å²) in [5.41, 5.74) is -4.63. The van der Waals surface area contributed by atoms with E-state index < -0.39 is 78.9 Å². The molecular weight excluding hydrogens is 568 g/mol. The van der Waals surface area contributed by atoms with E-state index in [1.165, 1.54) is 0 Å². The van der Waals surface area contributed by atoms with Gasteiger partial charge in [-0.3, -0.25) is 0 Å². The normalized spacial score (nSPS) is 18.0. The number of aliphatic hydroxyl groups is 2. The average molecular weight is 576 g/mol. The third kappa shape index (κ3) is 5.17. The van der Waals surface area contributed by atoms with E-state index in [1.54, 1.807) is 0 Å². The highest BCUT2D eigenvalue weighted by Crippen LogP contribution is 2.64. The van der Waals surface area contributed by atoms with Crippen LogP contribution in [0.25, 0.3) is 0 Å². The molecule has 0 aliphatic heterocycles. The molecule has 2 nitrogen and oxygen atoms in total. The van der Waals surface area contributed by atoms with Gasteiger partial charge in [0, 0.05) is 6.42 Å². The van der Waals surface area contributed by atoms with Gasteiger partial charge in [0.2, 0.25) is 0 Å². The van der Waals surface area contributed by atoms with Crippen molar-refractivity contribution in [2.24, 2.45) is 0 Å². The van der Waals surface area contributed by atoms with Crippen LogP contribution in [0.5, 0.6) is 0 Å². The topological polar surface area (TPSA) is 40.5 Å². The molecule has 35 heavy (non-hydrogen) atoms. The average Bonchev–Trinajstić information content (AvgIpc) is 2.57. The van der Waals surface area contributed by atoms with Crippen molar-refractivity contribution < 1.29 is 98.0 Å². The lowest BCUT2D eigenvalue weighted by Gasteiger charge is -2.43. The SMILES string of the molecule is OCC(O)(CC(F)(F)F)CC(F)(F)C(F)(F)C(F)(F)C(F)(F)C(F)(F)C(F)(F)C(F)(F)C(F)(F)F. The number of hydrogen-bond acceptors (Lipinski definition) is 2. The molecule has 2 N–H and O–H groups in total. The van der Waals surface area contributed by atoms with Crippen molar-refractivity contribution in [3.05, 3.63) is 0 Å². The highest BCUT2D eigenvalue weighted by molar-refractivity contribution is 5.15. The standard InChI is InChI=1S/C13H8F20O2/c14-5(15,1-4(35,3-34)2-6(16,17)18)7(19,20)8(21,22)9(23,24)10(25,26)11(27,28)12(29,30)13(31,32)33/h34-35H,1-3H2. The van der Waals surface area contributed by atoms with E-state index >= 15 is 0 Å². The minimum Gasteiger partial charge on any atom is -0.393 e. The van der Waals surface area contributed by atoms with Gasteiger partial charge in [-0.2, -0.15) is 87.8 Å². The lowest BCUT2D eigenvalue weighted by Crippen LogP contribution is -2.74. The first-order valence-corrected chi connectivity index (χ1v) is 7.84. The van der Waals surface area contributed by atoms with Gasteiger partial charge in [0.1, 0.15) is 5.60 Å². The smallest absolute Gasteiger partial charge is 0.393 e. The molecule has 0 radical (unpaired) electrons. The molecule has 0 aromatic heterocycles. The fraction of sp³-hybridized carbons (Fsp3) is 1.00. The van der Waals surface area contributed by atoms with Gasteiger partial charge in [-0.15, -0.1) is 0 Å². The van der Waals surface area contributed by atoms with E-state index in [2.05, 4.69) is 0 Å². The maximum atomic E-state index is 13.6. The third-order valence-electron chi connectivity index (χ3n) is 4.16.